The van der Waals surface area contributed by atoms with Gasteiger partial charge in [-0.3, -0.25) is 9.67 Å². The Bertz CT molecular complexity index is 1740. The van der Waals surface area contributed by atoms with Gasteiger partial charge in [0.25, 0.3) is 0 Å². The van der Waals surface area contributed by atoms with E-state index in [0.29, 0.717) is 0 Å². The Morgan fingerprint density at radius 2 is 1.15 bits per heavy atom. The highest BCUT2D eigenvalue weighted by molar-refractivity contribution is 5.79. The van der Waals surface area contributed by atoms with Crippen LogP contribution in [0.1, 0.15) is 16.7 Å². The number of imidazole rings is 1. The number of hydrogen-bond acceptors (Lipinski definition) is 3. The third kappa shape index (κ3) is 3.83. The number of benzene rings is 3. The highest BCUT2D eigenvalue weighted by Crippen LogP contribution is 2.43. The summed E-state index contributed by atoms with van der Waals surface area (Å²) in [5, 5.41) is 5.36. The maximum absolute atomic E-state index is 5.36. The van der Waals surface area contributed by atoms with Crippen molar-refractivity contribution in [2.45, 2.75) is 5.54 Å². The van der Waals surface area contributed by atoms with E-state index in [0.717, 1.165) is 44.9 Å². The topological polar surface area (TPSA) is 48.0 Å². The minimum Gasteiger partial charge on any atom is -0.306 e. The zero-order valence-electron chi connectivity index (χ0n) is 21.2. The van der Waals surface area contributed by atoms with Gasteiger partial charge < -0.3 is 4.40 Å². The molecule has 0 aliphatic carbocycles. The van der Waals surface area contributed by atoms with Gasteiger partial charge in [-0.15, -0.1) is 0 Å². The molecule has 0 N–H and O–H groups in total. The largest absolute Gasteiger partial charge is 0.306 e. The standard InChI is InChI=1S/C34H25N5/c1-4-12-27(13-5-1)34(28-14-6-2-7-15-28,29-16-8-3-9-17-29)39-25-30(33(37-39)31-18-10-11-21-35-31)26-19-20-32-36-22-23-38(32)24-26/h1-25H. The Labute approximate surface area is 226 Å². The third-order valence-electron chi connectivity index (χ3n) is 7.24. The van der Waals surface area contributed by atoms with Crippen molar-refractivity contribution < 1.29 is 0 Å². The van der Waals surface area contributed by atoms with E-state index in [1.807, 2.05) is 47.3 Å². The van der Waals surface area contributed by atoms with Gasteiger partial charge in [-0.25, -0.2) is 4.98 Å². The van der Waals surface area contributed by atoms with Crippen LogP contribution in [-0.2, 0) is 5.54 Å². The lowest BCUT2D eigenvalue weighted by Gasteiger charge is -2.36. The Hall–Kier alpha value is -5.29. The van der Waals surface area contributed by atoms with E-state index in [1.54, 1.807) is 0 Å². The van der Waals surface area contributed by atoms with E-state index >= 15 is 0 Å². The van der Waals surface area contributed by atoms with E-state index in [4.69, 9.17) is 10.1 Å². The van der Waals surface area contributed by atoms with Crippen molar-refractivity contribution in [2.75, 3.05) is 0 Å². The van der Waals surface area contributed by atoms with E-state index in [-0.39, 0.29) is 0 Å². The molecule has 0 spiro atoms. The van der Waals surface area contributed by atoms with E-state index in [9.17, 15) is 0 Å². The zero-order chi connectivity index (χ0) is 26.1. The summed E-state index contributed by atoms with van der Waals surface area (Å²) in [6.07, 6.45) is 9.86. The summed E-state index contributed by atoms with van der Waals surface area (Å²) in [5.74, 6) is 0. The number of pyridine rings is 2. The average Bonchev–Trinajstić information content (AvgIpc) is 3.67. The van der Waals surface area contributed by atoms with Crippen molar-refractivity contribution in [3.63, 3.8) is 0 Å². The second-order valence-corrected chi connectivity index (χ2v) is 9.47. The Morgan fingerprint density at radius 1 is 0.538 bits per heavy atom. The highest BCUT2D eigenvalue weighted by Gasteiger charge is 2.40. The molecule has 5 heteroatoms. The molecule has 0 aliphatic rings. The first kappa shape index (κ1) is 22.9. The normalized spacial score (nSPS) is 11.6. The number of rotatable bonds is 6. The van der Waals surface area contributed by atoms with Gasteiger partial charge in [0, 0.05) is 42.1 Å². The van der Waals surface area contributed by atoms with Crippen molar-refractivity contribution in [3.05, 3.63) is 169 Å². The Kier molecular flexibility index (Phi) is 5.60. The average molecular weight is 504 g/mol. The summed E-state index contributed by atoms with van der Waals surface area (Å²) in [6, 6.07) is 41.9. The van der Waals surface area contributed by atoms with Gasteiger partial charge in [0.15, 0.2) is 0 Å². The summed E-state index contributed by atoms with van der Waals surface area (Å²) in [5.41, 5.74) is 7.22. The van der Waals surface area contributed by atoms with Crippen LogP contribution in [0.3, 0.4) is 0 Å². The molecule has 39 heavy (non-hydrogen) atoms. The molecule has 0 bridgehead atoms. The van der Waals surface area contributed by atoms with Crippen LogP contribution in [-0.4, -0.2) is 24.1 Å². The lowest BCUT2D eigenvalue weighted by molar-refractivity contribution is 0.461. The fourth-order valence-corrected chi connectivity index (χ4v) is 5.46. The molecule has 0 radical (unpaired) electrons. The molecular weight excluding hydrogens is 478 g/mol. The van der Waals surface area contributed by atoms with Gasteiger partial charge in [-0.05, 0) is 41.0 Å². The number of hydrogen-bond donors (Lipinski definition) is 0. The molecule has 7 aromatic rings. The Morgan fingerprint density at radius 3 is 1.74 bits per heavy atom. The number of nitrogens with zero attached hydrogens (tertiary/aromatic N) is 5. The second-order valence-electron chi connectivity index (χ2n) is 9.47. The number of fused-ring (bicyclic) bond motifs is 1. The van der Waals surface area contributed by atoms with E-state index < -0.39 is 5.54 Å². The van der Waals surface area contributed by atoms with Crippen LogP contribution in [0.4, 0.5) is 0 Å². The lowest BCUT2D eigenvalue weighted by atomic mass is 9.77. The third-order valence-corrected chi connectivity index (χ3v) is 7.24. The molecule has 0 amide bonds. The van der Waals surface area contributed by atoms with Crippen molar-refractivity contribution >= 4 is 5.65 Å². The van der Waals surface area contributed by atoms with Gasteiger partial charge in [0.05, 0.1) is 5.69 Å². The van der Waals surface area contributed by atoms with Crippen LogP contribution in [0.2, 0.25) is 0 Å². The minimum atomic E-state index is -0.718. The van der Waals surface area contributed by atoms with Crippen LogP contribution in [0.15, 0.2) is 152 Å². The highest BCUT2D eigenvalue weighted by atomic mass is 15.3. The molecule has 4 heterocycles. The predicted octanol–water partition coefficient (Wildman–Crippen LogP) is 7.10. The molecule has 0 saturated heterocycles. The first-order valence-corrected chi connectivity index (χ1v) is 13.0. The van der Waals surface area contributed by atoms with Crippen LogP contribution < -0.4 is 0 Å². The number of aromatic nitrogens is 5. The summed E-state index contributed by atoms with van der Waals surface area (Å²) >= 11 is 0. The van der Waals surface area contributed by atoms with Crippen molar-refractivity contribution in [3.8, 4) is 22.5 Å². The Balaban J connectivity index is 1.58. The maximum atomic E-state index is 5.36. The SMILES string of the molecule is c1ccc(C(c2ccccc2)(c2ccccc2)n2cc(-c3ccc4nccn4c3)c(-c3ccccn3)n2)cc1. The predicted molar refractivity (Wildman–Crippen MR) is 154 cm³/mol. The van der Waals surface area contributed by atoms with Crippen LogP contribution >= 0.6 is 0 Å². The fourth-order valence-electron chi connectivity index (χ4n) is 5.46. The summed E-state index contributed by atoms with van der Waals surface area (Å²) in [4.78, 5) is 9.13. The van der Waals surface area contributed by atoms with Crippen LogP contribution in [0.25, 0.3) is 28.2 Å². The molecule has 4 aromatic heterocycles. The maximum Gasteiger partial charge on any atom is 0.138 e. The fraction of sp³-hybridized carbons (Fsp3) is 0.0294. The van der Waals surface area contributed by atoms with Crippen LogP contribution in [0.5, 0.6) is 0 Å². The van der Waals surface area contributed by atoms with Gasteiger partial charge >= 0.3 is 0 Å². The molecule has 0 unspecified atom stereocenters. The van der Waals surface area contributed by atoms with Gasteiger partial charge in [-0.2, -0.15) is 5.10 Å². The summed E-state index contributed by atoms with van der Waals surface area (Å²) < 4.78 is 4.15. The molecule has 0 saturated carbocycles. The van der Waals surface area contributed by atoms with E-state index in [2.05, 4.69) is 119 Å². The molecular formula is C34H25N5. The van der Waals surface area contributed by atoms with Gasteiger partial charge in [0.2, 0.25) is 0 Å². The minimum absolute atomic E-state index is 0.718. The lowest BCUT2D eigenvalue weighted by Crippen LogP contribution is -2.38. The van der Waals surface area contributed by atoms with Crippen LogP contribution in [0, 0.1) is 0 Å². The first-order chi connectivity index (χ1) is 19.3. The quantitative estimate of drug-likeness (QED) is 0.227. The molecule has 5 nitrogen and oxygen atoms in total. The first-order valence-electron chi connectivity index (χ1n) is 13.0. The van der Waals surface area contributed by atoms with E-state index in [1.165, 1.54) is 0 Å². The molecule has 7 rings (SSSR count). The van der Waals surface area contributed by atoms with Crippen molar-refractivity contribution in [1.82, 2.24) is 24.1 Å². The van der Waals surface area contributed by atoms with Gasteiger partial charge in [-0.1, -0.05) is 97.1 Å². The second kappa shape index (κ2) is 9.54. The molecule has 3 aromatic carbocycles. The smallest absolute Gasteiger partial charge is 0.138 e. The monoisotopic (exact) mass is 503 g/mol. The van der Waals surface area contributed by atoms with Crippen molar-refractivity contribution in [2.24, 2.45) is 0 Å². The summed E-state index contributed by atoms with van der Waals surface area (Å²) in [7, 11) is 0. The molecule has 0 aliphatic heterocycles. The van der Waals surface area contributed by atoms with Gasteiger partial charge in [0.1, 0.15) is 16.9 Å². The molecule has 0 atom stereocenters. The summed E-state index contributed by atoms with van der Waals surface area (Å²) in [6.45, 7) is 0. The zero-order valence-corrected chi connectivity index (χ0v) is 21.2. The molecule has 186 valence electrons. The van der Waals surface area contributed by atoms with Crippen molar-refractivity contribution in [1.29, 1.82) is 0 Å². The molecule has 0 fully saturated rings.